The molecule has 1 aromatic heterocycles. The van der Waals surface area contributed by atoms with Crippen LogP contribution in [0, 0.1) is 6.92 Å². The minimum atomic E-state index is -0.745. The summed E-state index contributed by atoms with van der Waals surface area (Å²) in [7, 11) is 0. The van der Waals surface area contributed by atoms with Crippen LogP contribution in [-0.2, 0) is 27.3 Å². The first-order valence-electron chi connectivity index (χ1n) is 10.4. The third-order valence-corrected chi connectivity index (χ3v) is 4.92. The average molecular weight is 431 g/mol. The Balaban J connectivity index is 2.22. The van der Waals surface area contributed by atoms with Crippen molar-refractivity contribution in [3.8, 4) is 0 Å². The smallest absolute Gasteiger partial charge is 0.330 e. The number of aromatic amines is 1. The van der Waals surface area contributed by atoms with Gasteiger partial charge in [0.1, 0.15) is 5.82 Å². The lowest BCUT2D eigenvalue weighted by Gasteiger charge is -2.24. The maximum atomic E-state index is 12.9. The Kier molecular flexibility index (Phi) is 8.60. The van der Waals surface area contributed by atoms with Gasteiger partial charge in [0.25, 0.3) is 11.5 Å². The van der Waals surface area contributed by atoms with Crippen molar-refractivity contribution in [1.29, 1.82) is 0 Å². The number of rotatable bonds is 10. The third-order valence-electron chi connectivity index (χ3n) is 4.92. The molecule has 0 saturated carbocycles. The summed E-state index contributed by atoms with van der Waals surface area (Å²) < 4.78 is 6.40. The number of carbonyl (C=O) groups excluding carboxylic acids is 2. The Morgan fingerprint density at radius 3 is 2.52 bits per heavy atom. The van der Waals surface area contributed by atoms with Crippen LogP contribution in [0.15, 0.2) is 33.9 Å². The molecule has 0 saturated heterocycles. The number of esters is 1. The SMILES string of the molecule is CCCCN(C(=O)COC(=O)Cc1ccccc1C)c1c(N)n(CCC)c(=O)[nH]c1=O. The molecule has 2 aromatic rings. The predicted molar refractivity (Wildman–Crippen MR) is 119 cm³/mol. The molecule has 0 unspecified atom stereocenters. The zero-order chi connectivity index (χ0) is 23.0. The van der Waals surface area contributed by atoms with Crippen molar-refractivity contribution in [2.24, 2.45) is 0 Å². The number of nitrogen functional groups attached to an aromatic ring is 1. The molecule has 9 nitrogen and oxygen atoms in total. The fourth-order valence-electron chi connectivity index (χ4n) is 3.20. The number of nitrogens with zero attached hydrogens (tertiary/aromatic N) is 2. The summed E-state index contributed by atoms with van der Waals surface area (Å²) in [5, 5.41) is 0. The fraction of sp³-hybridized carbons (Fsp3) is 0.455. The molecule has 1 heterocycles. The van der Waals surface area contributed by atoms with E-state index in [0.29, 0.717) is 19.4 Å². The van der Waals surface area contributed by atoms with Gasteiger partial charge in [-0.3, -0.25) is 23.9 Å². The molecule has 3 N–H and O–H groups in total. The Morgan fingerprint density at radius 1 is 1.16 bits per heavy atom. The second-order valence-electron chi connectivity index (χ2n) is 7.31. The highest BCUT2D eigenvalue weighted by Crippen LogP contribution is 2.18. The topological polar surface area (TPSA) is 127 Å². The number of benzene rings is 1. The number of hydrogen-bond acceptors (Lipinski definition) is 6. The maximum absolute atomic E-state index is 12.9. The molecular weight excluding hydrogens is 400 g/mol. The number of anilines is 2. The minimum absolute atomic E-state index is 0.0407. The van der Waals surface area contributed by atoms with Crippen molar-refractivity contribution in [1.82, 2.24) is 9.55 Å². The molecule has 0 fully saturated rings. The summed E-state index contributed by atoms with van der Waals surface area (Å²) in [6.45, 7) is 5.68. The van der Waals surface area contributed by atoms with Crippen LogP contribution < -0.4 is 21.9 Å². The number of amides is 1. The van der Waals surface area contributed by atoms with Gasteiger partial charge in [-0.2, -0.15) is 0 Å². The second-order valence-corrected chi connectivity index (χ2v) is 7.31. The number of aryl methyl sites for hydroxylation is 1. The van der Waals surface area contributed by atoms with E-state index >= 15 is 0 Å². The van der Waals surface area contributed by atoms with Gasteiger partial charge in [-0.15, -0.1) is 0 Å². The fourth-order valence-corrected chi connectivity index (χ4v) is 3.20. The van der Waals surface area contributed by atoms with Gasteiger partial charge in [-0.25, -0.2) is 4.79 Å². The van der Waals surface area contributed by atoms with Crippen LogP contribution in [0.1, 0.15) is 44.2 Å². The van der Waals surface area contributed by atoms with E-state index in [1.54, 1.807) is 0 Å². The first kappa shape index (κ1) is 23.9. The summed E-state index contributed by atoms with van der Waals surface area (Å²) in [6.07, 6.45) is 2.03. The van der Waals surface area contributed by atoms with Crippen LogP contribution >= 0.6 is 0 Å². The summed E-state index contributed by atoms with van der Waals surface area (Å²) in [4.78, 5) is 53.1. The van der Waals surface area contributed by atoms with Gasteiger partial charge in [0, 0.05) is 13.1 Å². The predicted octanol–water partition coefficient (Wildman–Crippen LogP) is 1.76. The molecule has 0 bridgehead atoms. The normalized spacial score (nSPS) is 10.7. The molecule has 0 aliphatic carbocycles. The number of unbranched alkanes of at least 4 members (excludes halogenated alkanes) is 1. The number of nitrogens with one attached hydrogen (secondary N) is 1. The standard InChI is InChI=1S/C22H30N4O5/c1-4-6-12-25(19-20(23)26(11-5-2)22(30)24-21(19)29)17(27)14-31-18(28)13-16-10-8-7-9-15(16)3/h7-10H,4-6,11-14,23H2,1-3H3,(H,24,29,30). The molecule has 9 heteroatoms. The third kappa shape index (κ3) is 6.07. The van der Waals surface area contributed by atoms with Gasteiger partial charge >= 0.3 is 11.7 Å². The quantitative estimate of drug-likeness (QED) is 0.553. The van der Waals surface area contributed by atoms with Crippen LogP contribution in [0.25, 0.3) is 0 Å². The van der Waals surface area contributed by atoms with Crippen molar-refractivity contribution < 1.29 is 14.3 Å². The number of hydrogen-bond donors (Lipinski definition) is 2. The molecule has 2 rings (SSSR count). The van der Waals surface area contributed by atoms with E-state index in [2.05, 4.69) is 4.98 Å². The molecule has 0 atom stereocenters. The molecule has 0 aliphatic heterocycles. The van der Waals surface area contributed by atoms with E-state index < -0.39 is 29.7 Å². The van der Waals surface area contributed by atoms with Crippen molar-refractivity contribution in [2.75, 3.05) is 23.8 Å². The Hall–Kier alpha value is -3.36. The molecule has 31 heavy (non-hydrogen) atoms. The molecule has 168 valence electrons. The molecular formula is C22H30N4O5. The van der Waals surface area contributed by atoms with Gasteiger partial charge in [0.2, 0.25) is 0 Å². The van der Waals surface area contributed by atoms with E-state index in [9.17, 15) is 19.2 Å². The van der Waals surface area contributed by atoms with Crippen LogP contribution in [0.4, 0.5) is 11.5 Å². The molecule has 0 spiro atoms. The first-order chi connectivity index (χ1) is 14.8. The zero-order valence-corrected chi connectivity index (χ0v) is 18.3. The largest absolute Gasteiger partial charge is 0.455 e. The highest BCUT2D eigenvalue weighted by molar-refractivity contribution is 5.97. The van der Waals surface area contributed by atoms with Gasteiger partial charge in [-0.1, -0.05) is 44.5 Å². The maximum Gasteiger partial charge on any atom is 0.330 e. The number of carbonyl (C=O) groups is 2. The molecule has 1 aromatic carbocycles. The lowest BCUT2D eigenvalue weighted by Crippen LogP contribution is -2.43. The van der Waals surface area contributed by atoms with Gasteiger partial charge in [0.05, 0.1) is 6.42 Å². The van der Waals surface area contributed by atoms with Gasteiger partial charge in [-0.05, 0) is 30.9 Å². The van der Waals surface area contributed by atoms with Crippen LogP contribution in [-0.4, -0.2) is 34.6 Å². The monoisotopic (exact) mass is 430 g/mol. The lowest BCUT2D eigenvalue weighted by molar-refractivity contribution is -0.147. The molecule has 0 aliphatic rings. The van der Waals surface area contributed by atoms with E-state index in [1.807, 2.05) is 45.0 Å². The zero-order valence-electron chi connectivity index (χ0n) is 18.3. The number of aromatic nitrogens is 2. The van der Waals surface area contributed by atoms with E-state index in [4.69, 9.17) is 10.5 Å². The molecule has 1 amide bonds. The summed E-state index contributed by atoms with van der Waals surface area (Å²) >= 11 is 0. The van der Waals surface area contributed by atoms with Crippen LogP contribution in [0.5, 0.6) is 0 Å². The van der Waals surface area contributed by atoms with Gasteiger partial charge in [0.15, 0.2) is 12.3 Å². The molecule has 0 radical (unpaired) electrons. The van der Waals surface area contributed by atoms with Crippen molar-refractivity contribution in [3.05, 3.63) is 56.2 Å². The van der Waals surface area contributed by atoms with Gasteiger partial charge < -0.3 is 15.4 Å². The average Bonchev–Trinajstić information content (AvgIpc) is 2.73. The summed E-state index contributed by atoms with van der Waals surface area (Å²) in [5.41, 5.74) is 6.40. The minimum Gasteiger partial charge on any atom is -0.455 e. The Morgan fingerprint density at radius 2 is 1.87 bits per heavy atom. The summed E-state index contributed by atoms with van der Waals surface area (Å²) in [5.74, 6) is -1.20. The van der Waals surface area contributed by atoms with E-state index in [1.165, 1.54) is 9.47 Å². The van der Waals surface area contributed by atoms with Crippen LogP contribution in [0.2, 0.25) is 0 Å². The second kappa shape index (κ2) is 11.1. The van der Waals surface area contributed by atoms with Crippen molar-refractivity contribution >= 4 is 23.4 Å². The number of nitrogens with two attached hydrogens (primary N) is 1. The highest BCUT2D eigenvalue weighted by Gasteiger charge is 2.24. The summed E-state index contributed by atoms with van der Waals surface area (Å²) in [6, 6.07) is 7.41. The number of ether oxygens (including phenoxy) is 1. The van der Waals surface area contributed by atoms with E-state index in [-0.39, 0.29) is 24.5 Å². The Labute approximate surface area is 180 Å². The van der Waals surface area contributed by atoms with Crippen molar-refractivity contribution in [3.63, 3.8) is 0 Å². The van der Waals surface area contributed by atoms with Crippen molar-refractivity contribution in [2.45, 2.75) is 53.0 Å². The lowest BCUT2D eigenvalue weighted by atomic mass is 10.1. The first-order valence-corrected chi connectivity index (χ1v) is 10.4. The van der Waals surface area contributed by atoms with Crippen LogP contribution in [0.3, 0.4) is 0 Å². The number of H-pyrrole nitrogens is 1. The highest BCUT2D eigenvalue weighted by atomic mass is 16.5. The van der Waals surface area contributed by atoms with E-state index in [0.717, 1.165) is 17.5 Å². The Bertz CT molecular complexity index is 1040.